The number of nitrogens with zero attached hydrogens (tertiary/aromatic N) is 4. The van der Waals surface area contributed by atoms with Crippen LogP contribution in [0.25, 0.3) is 0 Å². The van der Waals surface area contributed by atoms with Crippen molar-refractivity contribution < 1.29 is 4.74 Å². The molecule has 3 fully saturated rings. The van der Waals surface area contributed by atoms with Crippen molar-refractivity contribution in [2.24, 2.45) is 5.92 Å². The fourth-order valence-corrected chi connectivity index (χ4v) is 4.82. The Morgan fingerprint density at radius 3 is 1.64 bits per heavy atom. The summed E-state index contributed by atoms with van der Waals surface area (Å²) in [5, 5.41) is 0. The van der Waals surface area contributed by atoms with Crippen LogP contribution in [0.1, 0.15) is 88.0 Å². The maximum atomic E-state index is 5.76. The van der Waals surface area contributed by atoms with E-state index >= 15 is 0 Å². The summed E-state index contributed by atoms with van der Waals surface area (Å²) in [5.41, 5.74) is 0. The molecule has 3 saturated heterocycles. The van der Waals surface area contributed by atoms with E-state index in [4.69, 9.17) is 4.74 Å². The molecule has 0 aromatic heterocycles. The van der Waals surface area contributed by atoms with Crippen LogP contribution in [-0.4, -0.2) is 110 Å². The molecule has 0 aromatic rings. The van der Waals surface area contributed by atoms with Gasteiger partial charge in [-0.3, -0.25) is 4.90 Å². The topological polar surface area (TPSA) is 22.2 Å². The van der Waals surface area contributed by atoms with Crippen molar-refractivity contribution in [3.8, 4) is 0 Å². The highest BCUT2D eigenvalue weighted by Crippen LogP contribution is 2.18. The molecule has 0 spiro atoms. The maximum absolute atomic E-state index is 5.76. The van der Waals surface area contributed by atoms with Gasteiger partial charge in [0.05, 0.1) is 12.2 Å². The van der Waals surface area contributed by atoms with Crippen LogP contribution in [0.4, 0.5) is 0 Å². The number of rotatable bonds is 6. The average molecular weight is 471 g/mol. The van der Waals surface area contributed by atoms with E-state index in [-0.39, 0.29) is 0 Å². The third kappa shape index (κ3) is 14.7. The summed E-state index contributed by atoms with van der Waals surface area (Å²) in [5.74, 6) is 0.955. The Kier molecular flexibility index (Phi) is 19.9. The van der Waals surface area contributed by atoms with E-state index in [9.17, 15) is 0 Å². The van der Waals surface area contributed by atoms with Gasteiger partial charge in [-0.1, -0.05) is 34.6 Å². The summed E-state index contributed by atoms with van der Waals surface area (Å²) < 4.78 is 5.76. The summed E-state index contributed by atoms with van der Waals surface area (Å²) in [6, 6.07) is 0.723. The molecule has 0 atom stereocenters. The molecule has 33 heavy (non-hydrogen) atoms. The van der Waals surface area contributed by atoms with Crippen LogP contribution in [0.5, 0.6) is 0 Å². The van der Waals surface area contributed by atoms with E-state index < -0.39 is 0 Å². The zero-order valence-corrected chi connectivity index (χ0v) is 24.4. The molecule has 0 N–H and O–H groups in total. The number of ether oxygens (including phenoxy) is 1. The van der Waals surface area contributed by atoms with Gasteiger partial charge in [-0.05, 0) is 86.0 Å². The molecule has 0 amide bonds. The minimum atomic E-state index is 0.392. The first-order chi connectivity index (χ1) is 15.9. The highest BCUT2D eigenvalue weighted by molar-refractivity contribution is 4.78. The van der Waals surface area contributed by atoms with Crippen molar-refractivity contribution >= 4 is 0 Å². The number of likely N-dealkylation sites (tertiary alicyclic amines) is 2. The lowest BCUT2D eigenvalue weighted by molar-refractivity contribution is -0.0259. The summed E-state index contributed by atoms with van der Waals surface area (Å²) in [4.78, 5) is 10.2. The van der Waals surface area contributed by atoms with Crippen LogP contribution < -0.4 is 0 Å². The van der Waals surface area contributed by atoms with Crippen LogP contribution in [0.3, 0.4) is 0 Å². The predicted molar refractivity (Wildman–Crippen MR) is 147 cm³/mol. The van der Waals surface area contributed by atoms with E-state index in [0.717, 1.165) is 12.0 Å². The van der Waals surface area contributed by atoms with Crippen molar-refractivity contribution in [1.82, 2.24) is 19.6 Å². The summed E-state index contributed by atoms with van der Waals surface area (Å²) in [6.45, 7) is 31.8. The maximum Gasteiger partial charge on any atom is 0.0603 e. The van der Waals surface area contributed by atoms with Crippen LogP contribution >= 0.6 is 0 Å². The molecule has 3 aliphatic heterocycles. The number of hydrogen-bond donors (Lipinski definition) is 0. The van der Waals surface area contributed by atoms with Crippen LogP contribution in [0.2, 0.25) is 0 Å². The molecule has 3 heterocycles. The van der Waals surface area contributed by atoms with E-state index in [1.807, 2.05) is 27.7 Å². The minimum Gasteiger partial charge on any atom is -0.375 e. The molecule has 0 unspecified atom stereocenters. The van der Waals surface area contributed by atoms with Gasteiger partial charge in [0.2, 0.25) is 0 Å². The third-order valence-electron chi connectivity index (χ3n) is 6.94. The first kappa shape index (κ1) is 32.8. The van der Waals surface area contributed by atoms with Crippen molar-refractivity contribution in [3.05, 3.63) is 0 Å². The Bertz CT molecular complexity index is 408. The highest BCUT2D eigenvalue weighted by Gasteiger charge is 2.23. The Morgan fingerprint density at radius 2 is 1.21 bits per heavy atom. The van der Waals surface area contributed by atoms with Crippen molar-refractivity contribution in [2.45, 2.75) is 106 Å². The third-order valence-corrected chi connectivity index (χ3v) is 6.94. The molecule has 0 radical (unpaired) electrons. The molecular formula is C28H62N4O. The molecule has 3 rings (SSSR count). The molecule has 0 aromatic carbocycles. The smallest absolute Gasteiger partial charge is 0.0603 e. The Hall–Kier alpha value is -0.200. The van der Waals surface area contributed by atoms with Gasteiger partial charge in [-0.25, -0.2) is 0 Å². The van der Waals surface area contributed by atoms with Crippen molar-refractivity contribution in [1.29, 1.82) is 0 Å². The van der Waals surface area contributed by atoms with Gasteiger partial charge in [0, 0.05) is 51.9 Å². The van der Waals surface area contributed by atoms with Gasteiger partial charge >= 0.3 is 0 Å². The first-order valence-corrected chi connectivity index (χ1v) is 14.4. The number of piperidine rings is 2. The van der Waals surface area contributed by atoms with E-state index in [2.05, 4.69) is 61.3 Å². The van der Waals surface area contributed by atoms with Crippen molar-refractivity contribution in [3.63, 3.8) is 0 Å². The predicted octanol–water partition coefficient (Wildman–Crippen LogP) is 5.30. The Morgan fingerprint density at radius 1 is 0.697 bits per heavy atom. The largest absolute Gasteiger partial charge is 0.375 e. The van der Waals surface area contributed by atoms with Crippen LogP contribution in [0, 0.1) is 5.92 Å². The molecular weight excluding hydrogens is 408 g/mol. The SMILES string of the molecule is CC.CC.CC(C)N1CCN(CC2CCN(C)CC2)CC1.CCN1CCC(OC(C)C)CC1. The van der Waals surface area contributed by atoms with Gasteiger partial charge in [0.25, 0.3) is 0 Å². The molecule has 0 saturated carbocycles. The zero-order chi connectivity index (χ0) is 25.2. The molecule has 0 aliphatic carbocycles. The lowest BCUT2D eigenvalue weighted by Crippen LogP contribution is -2.50. The van der Waals surface area contributed by atoms with Gasteiger partial charge in [0.15, 0.2) is 0 Å². The Balaban J connectivity index is 0.000000564. The number of hydrogen-bond acceptors (Lipinski definition) is 5. The van der Waals surface area contributed by atoms with E-state index in [1.54, 1.807) is 0 Å². The second-order valence-corrected chi connectivity index (χ2v) is 10.00. The molecule has 0 bridgehead atoms. The van der Waals surface area contributed by atoms with Gasteiger partial charge in [-0.15, -0.1) is 0 Å². The normalized spacial score (nSPS) is 22.2. The quantitative estimate of drug-likeness (QED) is 0.524. The summed E-state index contributed by atoms with van der Waals surface area (Å²) in [6.07, 6.45) is 6.15. The number of piperazine rings is 1. The fourth-order valence-electron chi connectivity index (χ4n) is 4.82. The molecule has 5 nitrogen and oxygen atoms in total. The average Bonchev–Trinajstić information content (AvgIpc) is 2.84. The zero-order valence-electron chi connectivity index (χ0n) is 24.4. The fraction of sp³-hybridized carbons (Fsp3) is 1.00. The van der Waals surface area contributed by atoms with Crippen LogP contribution in [0.15, 0.2) is 0 Å². The minimum absolute atomic E-state index is 0.392. The lowest BCUT2D eigenvalue weighted by atomic mass is 9.96. The summed E-state index contributed by atoms with van der Waals surface area (Å²) in [7, 11) is 2.25. The second-order valence-electron chi connectivity index (χ2n) is 10.00. The molecule has 5 heteroatoms. The van der Waals surface area contributed by atoms with E-state index in [0.29, 0.717) is 12.2 Å². The second kappa shape index (κ2) is 20.0. The highest BCUT2D eigenvalue weighted by atomic mass is 16.5. The van der Waals surface area contributed by atoms with Gasteiger partial charge in [0.1, 0.15) is 0 Å². The summed E-state index contributed by atoms with van der Waals surface area (Å²) >= 11 is 0. The molecule has 3 aliphatic rings. The standard InChI is InChI=1S/C14H29N3.C10H21NO.2C2H6/c1-13(2)17-10-8-16(9-11-17)12-14-4-6-15(3)7-5-14;1-4-11-7-5-10(6-8-11)12-9(2)3;2*1-2/h13-14H,4-12H2,1-3H3;9-10H,4-8H2,1-3H3;2*1-2H3. The van der Waals surface area contributed by atoms with Crippen LogP contribution in [-0.2, 0) is 4.74 Å². The monoisotopic (exact) mass is 470 g/mol. The molecule has 200 valence electrons. The Labute approximate surface area is 209 Å². The van der Waals surface area contributed by atoms with E-state index in [1.165, 1.54) is 91.1 Å². The lowest BCUT2D eigenvalue weighted by Gasteiger charge is -2.39. The van der Waals surface area contributed by atoms with Gasteiger partial charge in [-0.2, -0.15) is 0 Å². The first-order valence-electron chi connectivity index (χ1n) is 14.4. The van der Waals surface area contributed by atoms with Gasteiger partial charge < -0.3 is 19.4 Å². The van der Waals surface area contributed by atoms with Crippen molar-refractivity contribution in [2.75, 3.05) is 72.5 Å².